The minimum absolute atomic E-state index is 0.0114. The monoisotopic (exact) mass is 700 g/mol. The van der Waals surface area contributed by atoms with E-state index in [2.05, 4.69) is 73.1 Å². The summed E-state index contributed by atoms with van der Waals surface area (Å²) in [4.78, 5) is 25.7. The van der Waals surface area contributed by atoms with E-state index in [-0.39, 0.29) is 19.1 Å². The number of carbonyl (C=O) groups is 2. The highest BCUT2D eigenvalue weighted by atomic mass is 127. The second kappa shape index (κ2) is 12.0. The van der Waals surface area contributed by atoms with Crippen LogP contribution in [-0.2, 0) is 16.0 Å². The summed E-state index contributed by atoms with van der Waals surface area (Å²) >= 11 is 6.59. The van der Waals surface area contributed by atoms with E-state index < -0.39 is 11.9 Å². The number of nitrogens with one attached hydrogen (secondary N) is 1. The fourth-order valence-electron chi connectivity index (χ4n) is 2.46. The Bertz CT molecular complexity index is 655. The van der Waals surface area contributed by atoms with Crippen molar-refractivity contribution in [3.63, 3.8) is 0 Å². The van der Waals surface area contributed by atoms with E-state index in [1.165, 1.54) is 0 Å². The first-order valence-electron chi connectivity index (χ1n) is 8.27. The van der Waals surface area contributed by atoms with Crippen LogP contribution in [0.5, 0.6) is 0 Å². The second-order valence-electron chi connectivity index (χ2n) is 5.80. The van der Waals surface area contributed by atoms with Crippen molar-refractivity contribution in [1.82, 2.24) is 4.90 Å². The van der Waals surface area contributed by atoms with Gasteiger partial charge in [0, 0.05) is 17.3 Å². The maximum Gasteiger partial charge on any atom is 0.306 e. The van der Waals surface area contributed by atoms with Gasteiger partial charge in [-0.05, 0) is 98.8 Å². The number of carboxylic acid groups (broad SMARTS) is 1. The molecule has 0 bridgehead atoms. The lowest BCUT2D eigenvalue weighted by Gasteiger charge is -2.21. The zero-order valence-corrected chi connectivity index (χ0v) is 21.2. The molecule has 0 saturated carbocycles. The summed E-state index contributed by atoms with van der Waals surface area (Å²) in [5.41, 5.74) is 1.69. The minimum Gasteiger partial charge on any atom is -0.481 e. The first-order valence-corrected chi connectivity index (χ1v) is 11.5. The molecule has 0 heterocycles. The molecule has 0 radical (unpaired) electrons. The zero-order valence-electron chi connectivity index (χ0n) is 14.7. The number of carboxylic acids is 1. The van der Waals surface area contributed by atoms with Gasteiger partial charge in [-0.25, -0.2) is 0 Å². The molecule has 0 aliphatic rings. The number of nitrogens with zero attached hydrogens (tertiary/aromatic N) is 1. The number of aliphatic hydroxyl groups excluding tert-OH is 1. The van der Waals surface area contributed by atoms with Crippen LogP contribution in [0.2, 0.25) is 0 Å². The van der Waals surface area contributed by atoms with Crippen LogP contribution in [0.25, 0.3) is 0 Å². The van der Waals surface area contributed by atoms with E-state index >= 15 is 0 Å². The first kappa shape index (κ1) is 24.3. The SMILES string of the molecule is CCC(Cc1c(I)cc(I)c(NC(=O)CN(CC)CCO)c1I)C(=O)O. The van der Waals surface area contributed by atoms with Crippen LogP contribution < -0.4 is 5.32 Å². The Morgan fingerprint density at radius 3 is 2.38 bits per heavy atom. The van der Waals surface area contributed by atoms with Crippen LogP contribution in [0.1, 0.15) is 25.8 Å². The van der Waals surface area contributed by atoms with Gasteiger partial charge in [-0.1, -0.05) is 13.8 Å². The number of aliphatic hydroxyl groups is 1. The summed E-state index contributed by atoms with van der Waals surface area (Å²) in [6.07, 6.45) is 0.996. The average Bonchev–Trinajstić information content (AvgIpc) is 2.57. The third kappa shape index (κ3) is 7.02. The van der Waals surface area contributed by atoms with E-state index in [9.17, 15) is 14.7 Å². The number of rotatable bonds is 10. The van der Waals surface area contributed by atoms with Crippen molar-refractivity contribution in [2.75, 3.05) is 31.6 Å². The number of carbonyl (C=O) groups excluding carboxylic acids is 1. The van der Waals surface area contributed by atoms with Crippen molar-refractivity contribution in [3.8, 4) is 0 Å². The Morgan fingerprint density at radius 2 is 1.88 bits per heavy atom. The summed E-state index contributed by atoms with van der Waals surface area (Å²) in [7, 11) is 0. The van der Waals surface area contributed by atoms with Crippen molar-refractivity contribution in [2.24, 2.45) is 5.92 Å². The maximum atomic E-state index is 12.4. The van der Waals surface area contributed by atoms with Crippen molar-refractivity contribution >= 4 is 85.3 Å². The second-order valence-corrected chi connectivity index (χ2v) is 9.20. The van der Waals surface area contributed by atoms with Gasteiger partial charge in [-0.3, -0.25) is 14.5 Å². The minimum atomic E-state index is -0.800. The van der Waals surface area contributed by atoms with Crippen molar-refractivity contribution in [3.05, 3.63) is 22.3 Å². The Kier molecular flexibility index (Phi) is 11.2. The number of benzene rings is 1. The number of halogens is 3. The van der Waals surface area contributed by atoms with Crippen LogP contribution in [0.3, 0.4) is 0 Å². The van der Waals surface area contributed by atoms with Gasteiger partial charge in [0.05, 0.1) is 24.8 Å². The molecule has 1 atom stereocenters. The predicted molar refractivity (Wildman–Crippen MR) is 128 cm³/mol. The average molecular weight is 700 g/mol. The highest BCUT2D eigenvalue weighted by Gasteiger charge is 2.22. The molecule has 26 heavy (non-hydrogen) atoms. The Balaban J connectivity index is 3.07. The molecule has 0 spiro atoms. The number of hydrogen-bond acceptors (Lipinski definition) is 4. The molecule has 0 fully saturated rings. The summed E-state index contributed by atoms with van der Waals surface area (Å²) < 4.78 is 2.81. The van der Waals surface area contributed by atoms with Gasteiger partial charge in [-0.15, -0.1) is 0 Å². The molecule has 3 N–H and O–H groups in total. The number of likely N-dealkylation sites (N-methyl/N-ethyl adjacent to an activating group) is 1. The van der Waals surface area contributed by atoms with Crippen molar-refractivity contribution in [2.45, 2.75) is 26.7 Å². The third-order valence-electron chi connectivity index (χ3n) is 4.05. The molecule has 0 aliphatic carbocycles. The van der Waals surface area contributed by atoms with Crippen LogP contribution in [0.4, 0.5) is 5.69 Å². The van der Waals surface area contributed by atoms with Gasteiger partial charge in [0.25, 0.3) is 0 Å². The molecule has 6 nitrogen and oxygen atoms in total. The Labute approximate surface area is 194 Å². The zero-order chi connectivity index (χ0) is 19.9. The van der Waals surface area contributed by atoms with Crippen molar-refractivity contribution in [1.29, 1.82) is 0 Å². The lowest BCUT2D eigenvalue weighted by molar-refractivity contribution is -0.141. The molecule has 1 aromatic rings. The van der Waals surface area contributed by atoms with Gasteiger partial charge in [-0.2, -0.15) is 0 Å². The van der Waals surface area contributed by atoms with Crippen LogP contribution in [-0.4, -0.2) is 53.2 Å². The van der Waals surface area contributed by atoms with Gasteiger partial charge < -0.3 is 15.5 Å². The van der Waals surface area contributed by atoms with Gasteiger partial charge in [0.15, 0.2) is 0 Å². The number of hydrogen-bond donors (Lipinski definition) is 3. The molecule has 146 valence electrons. The largest absolute Gasteiger partial charge is 0.481 e. The normalized spacial score (nSPS) is 12.3. The molecule has 1 unspecified atom stereocenters. The van der Waals surface area contributed by atoms with Gasteiger partial charge in [0.2, 0.25) is 5.91 Å². The lowest BCUT2D eigenvalue weighted by atomic mass is 9.97. The molecule has 0 aliphatic heterocycles. The third-order valence-corrected chi connectivity index (χ3v) is 7.06. The first-order chi connectivity index (χ1) is 12.2. The standard InChI is InChI=1S/C17H23I3N2O4/c1-3-10(17(25)26)7-11-12(18)8-13(19)16(15(11)20)21-14(24)9-22(4-2)5-6-23/h8,10,23H,3-7,9H2,1-2H3,(H,21,24)(H,25,26). The molecular formula is C17H23I3N2O4. The Hall–Kier alpha value is 0.270. The molecule has 1 rings (SSSR count). The van der Waals surface area contributed by atoms with E-state index in [1.807, 2.05) is 24.8 Å². The fraction of sp³-hybridized carbons (Fsp3) is 0.529. The van der Waals surface area contributed by atoms with E-state index in [4.69, 9.17) is 5.11 Å². The molecule has 1 aromatic carbocycles. The Morgan fingerprint density at radius 1 is 1.23 bits per heavy atom. The van der Waals surface area contributed by atoms with Crippen LogP contribution in [0, 0.1) is 16.6 Å². The fourth-order valence-corrected chi connectivity index (χ4v) is 6.54. The van der Waals surface area contributed by atoms with Crippen LogP contribution in [0.15, 0.2) is 6.07 Å². The molecule has 9 heteroatoms. The quantitative estimate of drug-likeness (QED) is 0.326. The van der Waals surface area contributed by atoms with Gasteiger partial charge >= 0.3 is 5.97 Å². The smallest absolute Gasteiger partial charge is 0.306 e. The van der Waals surface area contributed by atoms with Crippen molar-refractivity contribution < 1.29 is 19.8 Å². The number of anilines is 1. The topological polar surface area (TPSA) is 89.9 Å². The summed E-state index contributed by atoms with van der Waals surface area (Å²) in [6.45, 7) is 5.16. The number of amides is 1. The van der Waals surface area contributed by atoms with E-state index in [0.717, 1.165) is 22.0 Å². The summed E-state index contributed by atoms with van der Waals surface area (Å²) in [6, 6.07) is 1.97. The molecule has 1 amide bonds. The predicted octanol–water partition coefficient (Wildman–Crippen LogP) is 3.41. The van der Waals surface area contributed by atoms with Crippen LogP contribution >= 0.6 is 67.8 Å². The van der Waals surface area contributed by atoms with Gasteiger partial charge in [0.1, 0.15) is 0 Å². The highest BCUT2D eigenvalue weighted by Crippen LogP contribution is 2.33. The maximum absolute atomic E-state index is 12.4. The van der Waals surface area contributed by atoms with E-state index in [1.54, 1.807) is 0 Å². The lowest BCUT2D eigenvalue weighted by Crippen LogP contribution is -2.35. The highest BCUT2D eigenvalue weighted by molar-refractivity contribution is 14.1. The summed E-state index contributed by atoms with van der Waals surface area (Å²) in [5, 5.41) is 21.4. The number of aliphatic carboxylic acids is 1. The summed E-state index contributed by atoms with van der Waals surface area (Å²) in [5.74, 6) is -1.39. The molecule has 0 aromatic heterocycles. The van der Waals surface area contributed by atoms with E-state index in [0.29, 0.717) is 25.9 Å². The molecular weight excluding hydrogens is 677 g/mol. The molecule has 0 saturated heterocycles.